The van der Waals surface area contributed by atoms with Gasteiger partial charge in [0.05, 0.1) is 14.4 Å². The van der Waals surface area contributed by atoms with Gasteiger partial charge < -0.3 is 9.47 Å². The highest BCUT2D eigenvalue weighted by Crippen LogP contribution is 2.36. The summed E-state index contributed by atoms with van der Waals surface area (Å²) in [4.78, 5) is 13.1. The van der Waals surface area contributed by atoms with Crippen molar-refractivity contribution in [3.8, 4) is 11.5 Å². The zero-order chi connectivity index (χ0) is 19.5. The molecule has 0 saturated carbocycles. The molecule has 28 heavy (non-hydrogen) atoms. The van der Waals surface area contributed by atoms with Crippen LogP contribution in [0.25, 0.3) is 0 Å². The SMILES string of the molecule is C=CCn1c(SCC(=O)c2ccc(Br)s2)nnc1C1COc2ccccc2O1. The van der Waals surface area contributed by atoms with Crippen molar-refractivity contribution >= 4 is 44.8 Å². The molecule has 1 atom stereocenters. The molecule has 9 heteroatoms. The maximum atomic E-state index is 12.4. The second kappa shape index (κ2) is 8.50. The van der Waals surface area contributed by atoms with Gasteiger partial charge in [-0.15, -0.1) is 28.1 Å². The van der Waals surface area contributed by atoms with Crippen molar-refractivity contribution < 1.29 is 14.3 Å². The van der Waals surface area contributed by atoms with Crippen molar-refractivity contribution in [2.45, 2.75) is 17.8 Å². The lowest BCUT2D eigenvalue weighted by atomic mass is 10.2. The Hall–Kier alpha value is -2.10. The van der Waals surface area contributed by atoms with Crippen LogP contribution in [0.4, 0.5) is 0 Å². The van der Waals surface area contributed by atoms with Gasteiger partial charge in [-0.25, -0.2) is 0 Å². The first-order valence-electron chi connectivity index (χ1n) is 8.49. The number of aromatic nitrogens is 3. The first kappa shape index (κ1) is 19.2. The van der Waals surface area contributed by atoms with E-state index in [9.17, 15) is 4.79 Å². The minimum Gasteiger partial charge on any atom is -0.485 e. The largest absolute Gasteiger partial charge is 0.485 e. The van der Waals surface area contributed by atoms with E-state index in [0.717, 1.165) is 14.4 Å². The number of Topliss-reactive ketones (excluding diaryl/α,β-unsaturated/α-hetero) is 1. The molecule has 0 spiro atoms. The van der Waals surface area contributed by atoms with Gasteiger partial charge in [-0.1, -0.05) is 30.0 Å². The minimum absolute atomic E-state index is 0.0570. The normalized spacial score (nSPS) is 15.4. The van der Waals surface area contributed by atoms with E-state index in [-0.39, 0.29) is 17.6 Å². The molecule has 6 nitrogen and oxygen atoms in total. The fourth-order valence-electron chi connectivity index (χ4n) is 2.76. The molecule has 2 aromatic heterocycles. The van der Waals surface area contributed by atoms with Gasteiger partial charge in [0.15, 0.2) is 34.4 Å². The summed E-state index contributed by atoms with van der Waals surface area (Å²) >= 11 is 6.17. The minimum atomic E-state index is -0.374. The molecule has 0 radical (unpaired) electrons. The number of carbonyl (C=O) groups is 1. The standard InChI is InChI=1S/C19H16BrN3O3S2/c1-2-9-23-18(15-10-25-13-5-3-4-6-14(13)26-15)21-22-19(23)27-11-12(24)16-7-8-17(20)28-16/h2-8,15H,1,9-11H2. The Kier molecular flexibility index (Phi) is 5.84. The van der Waals surface area contributed by atoms with Crippen LogP contribution in [-0.4, -0.2) is 32.9 Å². The van der Waals surface area contributed by atoms with E-state index in [2.05, 4.69) is 32.7 Å². The van der Waals surface area contributed by atoms with E-state index >= 15 is 0 Å². The number of fused-ring (bicyclic) bond motifs is 1. The van der Waals surface area contributed by atoms with E-state index in [1.54, 1.807) is 6.08 Å². The molecule has 144 valence electrons. The maximum Gasteiger partial charge on any atom is 0.192 e. The van der Waals surface area contributed by atoms with Crippen LogP contribution in [0.2, 0.25) is 0 Å². The van der Waals surface area contributed by atoms with Crippen molar-refractivity contribution in [1.29, 1.82) is 0 Å². The van der Waals surface area contributed by atoms with Crippen molar-refractivity contribution in [3.63, 3.8) is 0 Å². The summed E-state index contributed by atoms with van der Waals surface area (Å²) in [6.07, 6.45) is 1.40. The third-order valence-electron chi connectivity index (χ3n) is 4.03. The molecule has 3 heterocycles. The second-order valence-electron chi connectivity index (χ2n) is 5.92. The lowest BCUT2D eigenvalue weighted by Gasteiger charge is -2.26. The zero-order valence-corrected chi connectivity index (χ0v) is 17.9. The van der Waals surface area contributed by atoms with E-state index in [4.69, 9.17) is 9.47 Å². The molecule has 1 unspecified atom stereocenters. The molecule has 0 N–H and O–H groups in total. The van der Waals surface area contributed by atoms with Gasteiger partial charge in [-0.3, -0.25) is 9.36 Å². The molecular formula is C19H16BrN3O3S2. The number of halogens is 1. The summed E-state index contributed by atoms with van der Waals surface area (Å²) in [6.45, 7) is 4.68. The molecule has 1 aromatic carbocycles. The lowest BCUT2D eigenvalue weighted by Crippen LogP contribution is -2.25. The van der Waals surface area contributed by atoms with Crippen LogP contribution in [0.1, 0.15) is 21.6 Å². The van der Waals surface area contributed by atoms with Gasteiger partial charge in [-0.2, -0.15) is 0 Å². The number of hydrogen-bond acceptors (Lipinski definition) is 7. The van der Waals surface area contributed by atoms with Crippen molar-refractivity contribution in [1.82, 2.24) is 14.8 Å². The average molecular weight is 478 g/mol. The molecule has 0 bridgehead atoms. The lowest BCUT2D eigenvalue weighted by molar-refractivity contribution is 0.0821. The molecule has 1 aliphatic heterocycles. The number of rotatable bonds is 7. The summed E-state index contributed by atoms with van der Waals surface area (Å²) in [5.74, 6) is 2.40. The summed E-state index contributed by atoms with van der Waals surface area (Å²) < 4.78 is 14.7. The highest BCUT2D eigenvalue weighted by molar-refractivity contribution is 9.11. The highest BCUT2D eigenvalue weighted by Gasteiger charge is 2.28. The number of ketones is 1. The Labute approximate surface area is 178 Å². The van der Waals surface area contributed by atoms with Crippen LogP contribution in [0.5, 0.6) is 11.5 Å². The van der Waals surface area contributed by atoms with Crippen molar-refractivity contribution in [2.75, 3.05) is 12.4 Å². The number of thioether (sulfide) groups is 1. The van der Waals surface area contributed by atoms with Gasteiger partial charge in [0.25, 0.3) is 0 Å². The predicted octanol–water partition coefficient (Wildman–Crippen LogP) is 4.78. The number of benzene rings is 1. The fourth-order valence-corrected chi connectivity index (χ4v) is 5.01. The third kappa shape index (κ3) is 4.01. The second-order valence-corrected chi connectivity index (χ2v) is 9.33. The molecule has 0 aliphatic carbocycles. The fraction of sp³-hybridized carbons (Fsp3) is 0.211. The first-order valence-corrected chi connectivity index (χ1v) is 11.1. The number of hydrogen-bond donors (Lipinski definition) is 0. The quantitative estimate of drug-likeness (QED) is 0.277. The van der Waals surface area contributed by atoms with Gasteiger partial charge in [0, 0.05) is 6.54 Å². The van der Waals surface area contributed by atoms with E-state index in [1.165, 1.54) is 23.1 Å². The summed E-state index contributed by atoms with van der Waals surface area (Å²) in [7, 11) is 0. The van der Waals surface area contributed by atoms with E-state index in [0.29, 0.717) is 29.9 Å². The van der Waals surface area contributed by atoms with Gasteiger partial charge in [0.1, 0.15) is 6.61 Å². The number of thiophene rings is 1. The molecule has 4 rings (SSSR count). The Bertz CT molecular complexity index is 1020. The van der Waals surface area contributed by atoms with E-state index < -0.39 is 0 Å². The third-order valence-corrected chi connectivity index (χ3v) is 6.67. The predicted molar refractivity (Wildman–Crippen MR) is 113 cm³/mol. The topological polar surface area (TPSA) is 66.2 Å². The zero-order valence-electron chi connectivity index (χ0n) is 14.7. The van der Waals surface area contributed by atoms with Crippen LogP contribution in [0.15, 0.2) is 58.0 Å². The molecular weight excluding hydrogens is 462 g/mol. The van der Waals surface area contributed by atoms with Gasteiger partial charge in [-0.05, 0) is 40.2 Å². The highest BCUT2D eigenvalue weighted by atomic mass is 79.9. The van der Waals surface area contributed by atoms with Crippen molar-refractivity contribution in [3.05, 3.63) is 63.5 Å². The van der Waals surface area contributed by atoms with E-state index in [1.807, 2.05) is 41.0 Å². The summed E-state index contributed by atoms with van der Waals surface area (Å²) in [5, 5.41) is 9.23. The van der Waals surface area contributed by atoms with Crippen molar-refractivity contribution in [2.24, 2.45) is 0 Å². The molecule has 0 saturated heterocycles. The summed E-state index contributed by atoms with van der Waals surface area (Å²) in [5.41, 5.74) is 0. The number of allylic oxidation sites excluding steroid dienone is 1. The van der Waals surface area contributed by atoms with Crippen LogP contribution in [-0.2, 0) is 6.54 Å². The van der Waals surface area contributed by atoms with Crippen LogP contribution < -0.4 is 9.47 Å². The smallest absolute Gasteiger partial charge is 0.192 e. The van der Waals surface area contributed by atoms with Gasteiger partial charge >= 0.3 is 0 Å². The molecule has 3 aromatic rings. The Morgan fingerprint density at radius 2 is 2.14 bits per heavy atom. The van der Waals surface area contributed by atoms with Crippen LogP contribution in [0.3, 0.4) is 0 Å². The first-order chi connectivity index (χ1) is 13.7. The molecule has 0 amide bonds. The number of para-hydroxylation sites is 2. The summed E-state index contributed by atoms with van der Waals surface area (Å²) in [6, 6.07) is 11.2. The molecule has 1 aliphatic rings. The maximum absolute atomic E-state index is 12.4. The Balaban J connectivity index is 1.51. The number of carbonyl (C=O) groups excluding carboxylic acids is 1. The molecule has 0 fully saturated rings. The Morgan fingerprint density at radius 3 is 2.89 bits per heavy atom. The number of nitrogens with zero attached hydrogens (tertiary/aromatic N) is 3. The van der Waals surface area contributed by atoms with Crippen LogP contribution >= 0.6 is 39.0 Å². The van der Waals surface area contributed by atoms with Crippen LogP contribution in [0, 0.1) is 0 Å². The van der Waals surface area contributed by atoms with Gasteiger partial charge in [0.2, 0.25) is 0 Å². The number of ether oxygens (including phenoxy) is 2. The Morgan fingerprint density at radius 1 is 1.32 bits per heavy atom. The monoisotopic (exact) mass is 477 g/mol. The average Bonchev–Trinajstić information content (AvgIpc) is 3.32.